The van der Waals surface area contributed by atoms with Crippen LogP contribution in [-0.2, 0) is 0 Å². The third-order valence-electron chi connectivity index (χ3n) is 7.04. The Labute approximate surface area is 131 Å². The minimum atomic E-state index is 0.371. The van der Waals surface area contributed by atoms with Crippen LogP contribution in [0.4, 0.5) is 0 Å². The maximum atomic E-state index is 2.67. The summed E-state index contributed by atoms with van der Waals surface area (Å²) in [5.74, 6) is 3.99. The number of hydrogen-bond donors (Lipinski definition) is 0. The Balaban J connectivity index is 1.66. The fourth-order valence-electron chi connectivity index (χ4n) is 5.95. The summed E-state index contributed by atoms with van der Waals surface area (Å²) < 4.78 is 0. The minimum absolute atomic E-state index is 0.371. The van der Waals surface area contributed by atoms with Crippen LogP contribution in [0.25, 0.3) is 0 Å². The van der Waals surface area contributed by atoms with E-state index in [1.165, 1.54) is 57.8 Å². The van der Waals surface area contributed by atoms with Crippen LogP contribution in [-0.4, -0.2) is 0 Å². The molecule has 0 radical (unpaired) electrons. The van der Waals surface area contributed by atoms with Gasteiger partial charge in [0.25, 0.3) is 0 Å². The second-order valence-electron chi connectivity index (χ2n) is 9.20. The van der Waals surface area contributed by atoms with E-state index in [0.29, 0.717) is 5.41 Å². The lowest BCUT2D eigenvalue weighted by Gasteiger charge is -2.34. The van der Waals surface area contributed by atoms with Gasteiger partial charge >= 0.3 is 0 Å². The Morgan fingerprint density at radius 2 is 1.67 bits per heavy atom. The molecule has 0 heteroatoms. The van der Waals surface area contributed by atoms with Gasteiger partial charge in [0, 0.05) is 0 Å². The molecule has 0 bridgehead atoms. The van der Waals surface area contributed by atoms with Gasteiger partial charge in [0.15, 0.2) is 0 Å². The van der Waals surface area contributed by atoms with Crippen molar-refractivity contribution in [1.82, 2.24) is 0 Å². The Morgan fingerprint density at radius 3 is 2.38 bits per heavy atom. The van der Waals surface area contributed by atoms with E-state index in [1.807, 2.05) is 11.1 Å². The summed E-state index contributed by atoms with van der Waals surface area (Å²) in [7, 11) is 0. The van der Waals surface area contributed by atoms with Crippen molar-refractivity contribution in [3.8, 4) is 0 Å². The zero-order valence-corrected chi connectivity index (χ0v) is 14.3. The van der Waals surface area contributed by atoms with E-state index in [0.717, 1.165) is 23.7 Å². The molecule has 21 heavy (non-hydrogen) atoms. The average Bonchev–Trinajstić information content (AvgIpc) is 3.09. The number of hydrogen-bond acceptors (Lipinski definition) is 0. The molecular formula is C21H32. The largest absolute Gasteiger partial charge is 0.0605 e. The van der Waals surface area contributed by atoms with E-state index in [9.17, 15) is 0 Å². The second kappa shape index (κ2) is 5.00. The zero-order chi connectivity index (χ0) is 14.6. The summed E-state index contributed by atoms with van der Waals surface area (Å²) in [4.78, 5) is 0. The molecule has 0 aromatic carbocycles. The van der Waals surface area contributed by atoms with Gasteiger partial charge in [-0.25, -0.2) is 0 Å². The molecular weight excluding hydrogens is 252 g/mol. The molecule has 0 amide bonds. The molecule has 0 aliphatic heterocycles. The Bertz CT molecular complexity index is 479. The summed E-state index contributed by atoms with van der Waals surface area (Å²) in [6.45, 7) is 7.22. The van der Waals surface area contributed by atoms with Crippen molar-refractivity contribution in [2.45, 2.75) is 78.6 Å². The van der Waals surface area contributed by atoms with E-state index < -0.39 is 0 Å². The summed E-state index contributed by atoms with van der Waals surface area (Å²) >= 11 is 0. The molecule has 2 saturated carbocycles. The van der Waals surface area contributed by atoms with E-state index in [1.54, 1.807) is 5.57 Å². The lowest BCUT2D eigenvalue weighted by molar-refractivity contribution is 0.209. The third kappa shape index (κ3) is 2.25. The average molecular weight is 284 g/mol. The lowest BCUT2D eigenvalue weighted by Crippen LogP contribution is -2.25. The molecule has 4 aliphatic carbocycles. The molecule has 4 aliphatic rings. The van der Waals surface area contributed by atoms with Gasteiger partial charge in [0.05, 0.1) is 0 Å². The van der Waals surface area contributed by atoms with Gasteiger partial charge in [0.2, 0.25) is 0 Å². The van der Waals surface area contributed by atoms with Crippen LogP contribution >= 0.6 is 0 Å². The van der Waals surface area contributed by atoms with Crippen molar-refractivity contribution < 1.29 is 0 Å². The van der Waals surface area contributed by atoms with Crippen molar-refractivity contribution in [2.24, 2.45) is 29.1 Å². The number of allylic oxidation sites excluding steroid dienone is 4. The zero-order valence-electron chi connectivity index (χ0n) is 14.3. The van der Waals surface area contributed by atoms with Crippen LogP contribution in [0.3, 0.4) is 0 Å². The van der Waals surface area contributed by atoms with Gasteiger partial charge in [-0.05, 0) is 66.8 Å². The SMILES string of the molecule is CC(C)(C)C1=CC2=C(C1)C1CCCC1C2C1CCCCC1. The quantitative estimate of drug-likeness (QED) is 0.531. The molecule has 0 spiro atoms. The molecule has 0 aromatic heterocycles. The topological polar surface area (TPSA) is 0 Å². The van der Waals surface area contributed by atoms with Gasteiger partial charge < -0.3 is 0 Å². The van der Waals surface area contributed by atoms with E-state index in [4.69, 9.17) is 0 Å². The van der Waals surface area contributed by atoms with Crippen LogP contribution in [0.15, 0.2) is 22.8 Å². The first-order valence-corrected chi connectivity index (χ1v) is 9.49. The van der Waals surface area contributed by atoms with Gasteiger partial charge in [0.1, 0.15) is 0 Å². The molecule has 0 nitrogen and oxygen atoms in total. The van der Waals surface area contributed by atoms with Crippen LogP contribution in [0, 0.1) is 29.1 Å². The Kier molecular flexibility index (Phi) is 3.36. The predicted molar refractivity (Wildman–Crippen MR) is 90.1 cm³/mol. The highest BCUT2D eigenvalue weighted by Crippen LogP contribution is 2.60. The minimum Gasteiger partial charge on any atom is -0.0605 e. The maximum absolute atomic E-state index is 2.67. The first kappa shape index (κ1) is 14.1. The molecule has 3 unspecified atom stereocenters. The molecule has 0 saturated heterocycles. The third-order valence-corrected chi connectivity index (χ3v) is 7.04. The van der Waals surface area contributed by atoms with Crippen LogP contribution in [0.5, 0.6) is 0 Å². The Hall–Kier alpha value is -0.520. The van der Waals surface area contributed by atoms with Crippen LogP contribution in [0.2, 0.25) is 0 Å². The van der Waals surface area contributed by atoms with Crippen LogP contribution < -0.4 is 0 Å². The lowest BCUT2D eigenvalue weighted by atomic mass is 9.71. The molecule has 0 N–H and O–H groups in total. The second-order valence-corrected chi connectivity index (χ2v) is 9.20. The number of rotatable bonds is 1. The molecule has 0 heterocycles. The van der Waals surface area contributed by atoms with Gasteiger partial charge in [-0.3, -0.25) is 0 Å². The van der Waals surface area contributed by atoms with Crippen molar-refractivity contribution >= 4 is 0 Å². The van der Waals surface area contributed by atoms with Crippen molar-refractivity contribution in [3.05, 3.63) is 22.8 Å². The molecule has 2 fully saturated rings. The maximum Gasteiger partial charge on any atom is -0.00911 e. The highest BCUT2D eigenvalue weighted by molar-refractivity contribution is 5.48. The summed E-state index contributed by atoms with van der Waals surface area (Å²) in [5.41, 5.74) is 5.84. The molecule has 3 atom stereocenters. The van der Waals surface area contributed by atoms with Gasteiger partial charge in [-0.1, -0.05) is 63.7 Å². The first-order chi connectivity index (χ1) is 10.1. The highest BCUT2D eigenvalue weighted by Gasteiger charge is 2.49. The van der Waals surface area contributed by atoms with Crippen LogP contribution in [0.1, 0.15) is 78.6 Å². The van der Waals surface area contributed by atoms with E-state index in [-0.39, 0.29) is 0 Å². The van der Waals surface area contributed by atoms with Gasteiger partial charge in [-0.2, -0.15) is 0 Å². The smallest absolute Gasteiger partial charge is 0.00911 e. The normalized spacial score (nSPS) is 36.9. The highest BCUT2D eigenvalue weighted by atomic mass is 14.5. The fourth-order valence-corrected chi connectivity index (χ4v) is 5.95. The van der Waals surface area contributed by atoms with E-state index in [2.05, 4.69) is 26.8 Å². The monoisotopic (exact) mass is 284 g/mol. The van der Waals surface area contributed by atoms with E-state index >= 15 is 0 Å². The summed E-state index contributed by atoms with van der Waals surface area (Å²) in [6, 6.07) is 0. The number of fused-ring (bicyclic) bond motifs is 2. The first-order valence-electron chi connectivity index (χ1n) is 9.49. The van der Waals surface area contributed by atoms with Crippen molar-refractivity contribution in [3.63, 3.8) is 0 Å². The van der Waals surface area contributed by atoms with Gasteiger partial charge in [-0.15, -0.1) is 0 Å². The summed E-state index contributed by atoms with van der Waals surface area (Å²) in [5, 5.41) is 0. The standard InChI is InChI=1S/C21H32/c1-21(2,3)15-12-18-16-10-7-11-17(16)20(19(18)13-15)14-8-5-4-6-9-14/h13-14,16-17,20H,4-12H2,1-3H3. The molecule has 0 aromatic rings. The van der Waals surface area contributed by atoms with Crippen molar-refractivity contribution in [1.29, 1.82) is 0 Å². The molecule has 116 valence electrons. The Morgan fingerprint density at radius 1 is 0.905 bits per heavy atom. The summed E-state index contributed by atoms with van der Waals surface area (Å²) in [6.07, 6.45) is 16.0. The van der Waals surface area contributed by atoms with Crippen molar-refractivity contribution in [2.75, 3.05) is 0 Å². The molecule has 4 rings (SSSR count). The fraction of sp³-hybridized carbons (Fsp3) is 0.810. The predicted octanol–water partition coefficient (Wildman–Crippen LogP) is 6.29.